The van der Waals surface area contributed by atoms with Crippen molar-refractivity contribution in [3.63, 3.8) is 0 Å². The SMILES string of the molecule is CC[C@H]1CC1(c1ccc(C(=O)O)cc1)[C@@H](O)c1ccc(Cl)cc1. The average Bonchev–Trinajstić information content (AvgIpc) is 3.31. The van der Waals surface area contributed by atoms with Crippen molar-refractivity contribution < 1.29 is 15.0 Å². The first-order valence-corrected chi connectivity index (χ1v) is 8.14. The maximum Gasteiger partial charge on any atom is 0.335 e. The maximum absolute atomic E-state index is 11.0. The minimum Gasteiger partial charge on any atom is -0.478 e. The van der Waals surface area contributed by atoms with Crippen molar-refractivity contribution in [2.24, 2.45) is 5.92 Å². The van der Waals surface area contributed by atoms with Crippen molar-refractivity contribution in [2.45, 2.75) is 31.3 Å². The van der Waals surface area contributed by atoms with Gasteiger partial charge in [-0.1, -0.05) is 49.2 Å². The van der Waals surface area contributed by atoms with E-state index in [2.05, 4.69) is 6.92 Å². The molecule has 0 radical (unpaired) electrons. The van der Waals surface area contributed by atoms with Crippen LogP contribution in [0.4, 0.5) is 0 Å². The molecule has 0 aromatic heterocycles. The lowest BCUT2D eigenvalue weighted by Crippen LogP contribution is -2.21. The Morgan fingerprint density at radius 2 is 1.83 bits per heavy atom. The molecule has 3 nitrogen and oxygen atoms in total. The summed E-state index contributed by atoms with van der Waals surface area (Å²) < 4.78 is 0. The number of halogens is 1. The second-order valence-corrected chi connectivity index (χ2v) is 6.62. The Morgan fingerprint density at radius 1 is 1.22 bits per heavy atom. The molecule has 3 atom stereocenters. The molecule has 23 heavy (non-hydrogen) atoms. The Hall–Kier alpha value is -1.84. The highest BCUT2D eigenvalue weighted by Crippen LogP contribution is 2.62. The highest BCUT2D eigenvalue weighted by Gasteiger charge is 2.59. The van der Waals surface area contributed by atoms with Gasteiger partial charge in [0.1, 0.15) is 0 Å². The summed E-state index contributed by atoms with van der Waals surface area (Å²) in [5, 5.41) is 20.7. The van der Waals surface area contributed by atoms with Crippen LogP contribution < -0.4 is 0 Å². The van der Waals surface area contributed by atoms with Crippen LogP contribution >= 0.6 is 11.6 Å². The van der Waals surface area contributed by atoms with Gasteiger partial charge in [-0.15, -0.1) is 0 Å². The number of carboxylic acid groups (broad SMARTS) is 1. The minimum atomic E-state index is -0.938. The molecule has 0 bridgehead atoms. The number of benzene rings is 2. The molecule has 0 heterocycles. The smallest absolute Gasteiger partial charge is 0.335 e. The molecular weight excluding hydrogens is 312 g/mol. The van der Waals surface area contributed by atoms with Crippen molar-refractivity contribution in [1.82, 2.24) is 0 Å². The van der Waals surface area contributed by atoms with Crippen LogP contribution in [0.1, 0.15) is 47.4 Å². The molecular formula is C19H19ClO3. The number of rotatable bonds is 5. The zero-order chi connectivity index (χ0) is 16.6. The fourth-order valence-corrected chi connectivity index (χ4v) is 3.70. The molecule has 1 unspecified atom stereocenters. The van der Waals surface area contributed by atoms with Gasteiger partial charge in [0.2, 0.25) is 0 Å². The van der Waals surface area contributed by atoms with E-state index in [9.17, 15) is 9.90 Å². The highest BCUT2D eigenvalue weighted by atomic mass is 35.5. The molecule has 2 aromatic carbocycles. The van der Waals surface area contributed by atoms with Crippen LogP contribution in [0.15, 0.2) is 48.5 Å². The molecule has 1 aliphatic carbocycles. The molecule has 4 heteroatoms. The molecule has 1 fully saturated rings. The van der Waals surface area contributed by atoms with Crippen molar-refractivity contribution in [3.05, 3.63) is 70.2 Å². The van der Waals surface area contributed by atoms with Crippen LogP contribution in [0.2, 0.25) is 5.02 Å². The number of aliphatic hydroxyl groups is 1. The summed E-state index contributed by atoms with van der Waals surface area (Å²) >= 11 is 5.93. The Labute approximate surface area is 140 Å². The Balaban J connectivity index is 1.97. The van der Waals surface area contributed by atoms with Crippen molar-refractivity contribution in [3.8, 4) is 0 Å². The average molecular weight is 331 g/mol. The molecule has 0 spiro atoms. The second kappa shape index (κ2) is 5.99. The van der Waals surface area contributed by atoms with E-state index in [4.69, 9.17) is 16.7 Å². The number of carbonyl (C=O) groups is 1. The monoisotopic (exact) mass is 330 g/mol. The van der Waals surface area contributed by atoms with Crippen molar-refractivity contribution >= 4 is 17.6 Å². The molecule has 120 valence electrons. The van der Waals surface area contributed by atoms with Gasteiger partial charge in [-0.05, 0) is 47.7 Å². The van der Waals surface area contributed by atoms with Crippen LogP contribution in [0.25, 0.3) is 0 Å². The van der Waals surface area contributed by atoms with E-state index in [1.165, 1.54) is 0 Å². The standard InChI is InChI=1S/C19H19ClO3/c1-2-14-11-19(14,15-7-3-13(4-8-15)18(22)23)17(21)12-5-9-16(20)10-6-12/h3-10,14,17,21H,2,11H2,1H3,(H,22,23)/t14-,17-,19?/m0/s1. The second-order valence-electron chi connectivity index (χ2n) is 6.19. The first-order chi connectivity index (χ1) is 11.0. The fourth-order valence-electron chi connectivity index (χ4n) is 3.57. The molecule has 2 N–H and O–H groups in total. The van der Waals surface area contributed by atoms with E-state index < -0.39 is 12.1 Å². The molecule has 3 rings (SSSR count). The summed E-state index contributed by atoms with van der Waals surface area (Å²) in [6.07, 6.45) is 1.26. The third kappa shape index (κ3) is 2.75. The topological polar surface area (TPSA) is 57.5 Å². The Bertz CT molecular complexity index is 708. The van der Waals surface area contributed by atoms with E-state index >= 15 is 0 Å². The van der Waals surface area contributed by atoms with Gasteiger partial charge in [0.05, 0.1) is 11.7 Å². The Morgan fingerprint density at radius 3 is 2.30 bits per heavy atom. The Kier molecular flexibility index (Phi) is 4.17. The lowest BCUT2D eigenvalue weighted by atomic mass is 9.83. The summed E-state index contributed by atoms with van der Waals surface area (Å²) in [7, 11) is 0. The third-order valence-corrected chi connectivity index (χ3v) is 5.24. The number of hydrogen-bond donors (Lipinski definition) is 2. The maximum atomic E-state index is 11.0. The van der Waals surface area contributed by atoms with Gasteiger partial charge in [0.25, 0.3) is 0 Å². The zero-order valence-corrected chi connectivity index (χ0v) is 13.6. The summed E-state index contributed by atoms with van der Waals surface area (Å²) in [6.45, 7) is 2.12. The quantitative estimate of drug-likeness (QED) is 0.852. The number of aliphatic hydroxyl groups excluding tert-OH is 1. The van der Waals surface area contributed by atoms with E-state index in [0.717, 1.165) is 24.0 Å². The van der Waals surface area contributed by atoms with Gasteiger partial charge in [-0.2, -0.15) is 0 Å². The fraction of sp³-hybridized carbons (Fsp3) is 0.316. The first kappa shape index (κ1) is 16.0. The lowest BCUT2D eigenvalue weighted by molar-refractivity contribution is 0.0697. The first-order valence-electron chi connectivity index (χ1n) is 7.76. The molecule has 0 aliphatic heterocycles. The number of aromatic carboxylic acids is 1. The summed E-state index contributed by atoms with van der Waals surface area (Å²) in [6, 6.07) is 14.2. The van der Waals surface area contributed by atoms with Crippen LogP contribution in [0.5, 0.6) is 0 Å². The van der Waals surface area contributed by atoms with Gasteiger partial charge in [0, 0.05) is 10.4 Å². The number of hydrogen-bond acceptors (Lipinski definition) is 2. The van der Waals surface area contributed by atoms with Gasteiger partial charge in [-0.25, -0.2) is 4.79 Å². The van der Waals surface area contributed by atoms with Gasteiger partial charge >= 0.3 is 5.97 Å². The van der Waals surface area contributed by atoms with Gasteiger partial charge < -0.3 is 10.2 Å². The van der Waals surface area contributed by atoms with E-state index in [-0.39, 0.29) is 11.0 Å². The number of carboxylic acids is 1. The van der Waals surface area contributed by atoms with Crippen LogP contribution in [0, 0.1) is 5.92 Å². The highest BCUT2D eigenvalue weighted by molar-refractivity contribution is 6.30. The third-order valence-electron chi connectivity index (χ3n) is 4.99. The van der Waals surface area contributed by atoms with Crippen LogP contribution in [0.3, 0.4) is 0 Å². The summed E-state index contributed by atoms with van der Waals surface area (Å²) in [5.74, 6) is -0.546. The minimum absolute atomic E-state index is 0.263. The molecule has 0 amide bonds. The normalized spacial score (nSPS) is 24.2. The van der Waals surface area contributed by atoms with Crippen LogP contribution in [-0.2, 0) is 5.41 Å². The summed E-state index contributed by atoms with van der Waals surface area (Å²) in [5.41, 5.74) is 1.77. The zero-order valence-electron chi connectivity index (χ0n) is 12.9. The van der Waals surface area contributed by atoms with Gasteiger partial charge in [-0.3, -0.25) is 0 Å². The molecule has 0 saturated heterocycles. The van der Waals surface area contributed by atoms with Crippen molar-refractivity contribution in [2.75, 3.05) is 0 Å². The predicted molar refractivity (Wildman–Crippen MR) is 89.9 cm³/mol. The van der Waals surface area contributed by atoms with Crippen LogP contribution in [-0.4, -0.2) is 16.2 Å². The van der Waals surface area contributed by atoms with E-state index in [1.54, 1.807) is 24.3 Å². The molecule has 2 aromatic rings. The molecule has 1 saturated carbocycles. The lowest BCUT2D eigenvalue weighted by Gasteiger charge is -2.25. The predicted octanol–water partition coefficient (Wildman–Crippen LogP) is 4.44. The summed E-state index contributed by atoms with van der Waals surface area (Å²) in [4.78, 5) is 11.0. The van der Waals surface area contributed by atoms with E-state index in [1.807, 2.05) is 24.3 Å². The van der Waals surface area contributed by atoms with Gasteiger partial charge in [0.15, 0.2) is 0 Å². The largest absolute Gasteiger partial charge is 0.478 e. The van der Waals surface area contributed by atoms with E-state index in [0.29, 0.717) is 10.9 Å². The molecule has 1 aliphatic rings. The van der Waals surface area contributed by atoms with Crippen molar-refractivity contribution in [1.29, 1.82) is 0 Å².